The normalized spacial score (nSPS) is 17.7. The van der Waals surface area contributed by atoms with Crippen LogP contribution in [0.3, 0.4) is 0 Å². The molecule has 0 radical (unpaired) electrons. The molecule has 1 N–H and O–H groups in total. The highest BCUT2D eigenvalue weighted by molar-refractivity contribution is 7.13. The Labute approximate surface area is 155 Å². The lowest BCUT2D eigenvalue weighted by molar-refractivity contribution is 0.0650. The van der Waals surface area contributed by atoms with Crippen molar-refractivity contribution in [2.24, 2.45) is 0 Å². The van der Waals surface area contributed by atoms with Crippen LogP contribution >= 0.6 is 46.9 Å². The zero-order valence-electron chi connectivity index (χ0n) is 12.4. The second kappa shape index (κ2) is 7.81. The van der Waals surface area contributed by atoms with Gasteiger partial charge in [0, 0.05) is 36.6 Å². The summed E-state index contributed by atoms with van der Waals surface area (Å²) in [6.07, 6.45) is 0. The highest BCUT2D eigenvalue weighted by atomic mass is 35.5. The van der Waals surface area contributed by atoms with E-state index in [1.165, 1.54) is 11.3 Å². The molecule has 1 aliphatic heterocycles. The Morgan fingerprint density at radius 1 is 1.39 bits per heavy atom. The minimum absolute atomic E-state index is 0. The van der Waals surface area contributed by atoms with Gasteiger partial charge in [-0.3, -0.25) is 4.79 Å². The van der Waals surface area contributed by atoms with Crippen molar-refractivity contribution in [3.8, 4) is 10.6 Å². The number of nitrogens with zero attached hydrogens (tertiary/aromatic N) is 2. The van der Waals surface area contributed by atoms with Crippen LogP contribution in [0.2, 0.25) is 10.0 Å². The third-order valence-electron chi connectivity index (χ3n) is 3.65. The molecule has 3 rings (SSSR count). The fourth-order valence-electron chi connectivity index (χ4n) is 2.42. The van der Waals surface area contributed by atoms with Gasteiger partial charge in [-0.1, -0.05) is 29.3 Å². The van der Waals surface area contributed by atoms with Crippen LogP contribution in [-0.4, -0.2) is 41.5 Å². The van der Waals surface area contributed by atoms with E-state index in [2.05, 4.69) is 10.3 Å². The van der Waals surface area contributed by atoms with Gasteiger partial charge in [0.25, 0.3) is 5.91 Å². The van der Waals surface area contributed by atoms with E-state index in [9.17, 15) is 4.79 Å². The monoisotopic (exact) mass is 391 g/mol. The second-order valence-electron chi connectivity index (χ2n) is 5.22. The Balaban J connectivity index is 0.00000192. The van der Waals surface area contributed by atoms with Crippen molar-refractivity contribution in [1.29, 1.82) is 0 Å². The third-order valence-corrected chi connectivity index (χ3v) is 5.28. The minimum atomic E-state index is -0.0171. The van der Waals surface area contributed by atoms with Crippen molar-refractivity contribution in [1.82, 2.24) is 15.2 Å². The fourth-order valence-corrected chi connectivity index (χ4v) is 3.51. The number of hydrogen-bond donors (Lipinski definition) is 1. The number of amides is 1. The molecule has 0 bridgehead atoms. The Morgan fingerprint density at radius 3 is 2.87 bits per heavy atom. The maximum Gasteiger partial charge on any atom is 0.273 e. The van der Waals surface area contributed by atoms with E-state index >= 15 is 0 Å². The first kappa shape index (κ1) is 18.5. The van der Waals surface area contributed by atoms with Crippen LogP contribution in [-0.2, 0) is 0 Å². The van der Waals surface area contributed by atoms with E-state index in [1.54, 1.807) is 17.5 Å². The van der Waals surface area contributed by atoms with Gasteiger partial charge < -0.3 is 10.2 Å². The summed E-state index contributed by atoms with van der Waals surface area (Å²) >= 11 is 13.4. The summed E-state index contributed by atoms with van der Waals surface area (Å²) in [5.41, 5.74) is 1.35. The molecular formula is C15H16Cl3N3OS. The summed E-state index contributed by atoms with van der Waals surface area (Å²) in [5.74, 6) is -0.0171. The number of halogens is 3. The van der Waals surface area contributed by atoms with E-state index in [0.717, 1.165) is 23.7 Å². The molecule has 0 unspecified atom stereocenters. The molecule has 0 aliphatic carbocycles. The first-order valence-electron chi connectivity index (χ1n) is 6.99. The van der Waals surface area contributed by atoms with Crippen molar-refractivity contribution in [2.75, 3.05) is 19.6 Å². The van der Waals surface area contributed by atoms with Gasteiger partial charge in [0.15, 0.2) is 0 Å². The zero-order chi connectivity index (χ0) is 15.7. The maximum absolute atomic E-state index is 12.6. The van der Waals surface area contributed by atoms with Gasteiger partial charge in [-0.05, 0) is 19.1 Å². The van der Waals surface area contributed by atoms with Crippen LogP contribution in [0, 0.1) is 0 Å². The molecule has 1 aromatic heterocycles. The standard InChI is InChI=1S/C15H15Cl2N3OS.ClH/c1-9-7-18-4-5-20(9)15(21)13-8-22-14(19-13)10-2-3-11(16)12(17)6-10;/h2-3,6,8-9,18H,4-5,7H2,1H3;1H/t9-;/m1./s1. The van der Waals surface area contributed by atoms with Crippen LogP contribution in [0.15, 0.2) is 23.6 Å². The average Bonchev–Trinajstić information content (AvgIpc) is 3.00. The summed E-state index contributed by atoms with van der Waals surface area (Å²) in [7, 11) is 0. The van der Waals surface area contributed by atoms with Gasteiger partial charge in [-0.25, -0.2) is 4.98 Å². The molecule has 1 amide bonds. The van der Waals surface area contributed by atoms with E-state index < -0.39 is 0 Å². The lowest BCUT2D eigenvalue weighted by Gasteiger charge is -2.33. The molecule has 0 spiro atoms. The minimum Gasteiger partial charge on any atom is -0.332 e. The summed E-state index contributed by atoms with van der Waals surface area (Å²) < 4.78 is 0. The molecule has 1 aliphatic rings. The average molecular weight is 393 g/mol. The van der Waals surface area contributed by atoms with Gasteiger partial charge >= 0.3 is 0 Å². The highest BCUT2D eigenvalue weighted by Gasteiger charge is 2.25. The van der Waals surface area contributed by atoms with Crippen LogP contribution in [0.25, 0.3) is 10.6 Å². The topological polar surface area (TPSA) is 45.2 Å². The predicted octanol–water partition coefficient (Wildman–Crippen LogP) is 3.97. The highest BCUT2D eigenvalue weighted by Crippen LogP contribution is 2.30. The van der Waals surface area contributed by atoms with Crippen molar-refractivity contribution in [3.63, 3.8) is 0 Å². The lowest BCUT2D eigenvalue weighted by Crippen LogP contribution is -2.52. The number of piperazine rings is 1. The largest absolute Gasteiger partial charge is 0.332 e. The first-order chi connectivity index (χ1) is 10.6. The van der Waals surface area contributed by atoms with Gasteiger partial charge in [0.1, 0.15) is 10.7 Å². The molecule has 8 heteroatoms. The lowest BCUT2D eigenvalue weighted by atomic mass is 10.2. The van der Waals surface area contributed by atoms with Crippen LogP contribution in [0.1, 0.15) is 17.4 Å². The van der Waals surface area contributed by atoms with Gasteiger partial charge in [0.2, 0.25) is 0 Å². The SMILES string of the molecule is C[C@@H]1CNCCN1C(=O)c1csc(-c2ccc(Cl)c(Cl)c2)n1.Cl. The molecule has 1 saturated heterocycles. The fraction of sp³-hybridized carbons (Fsp3) is 0.333. The quantitative estimate of drug-likeness (QED) is 0.841. The first-order valence-corrected chi connectivity index (χ1v) is 8.62. The third kappa shape index (κ3) is 3.98. The number of hydrogen-bond acceptors (Lipinski definition) is 4. The number of rotatable bonds is 2. The molecular weight excluding hydrogens is 377 g/mol. The van der Waals surface area contributed by atoms with Gasteiger partial charge in [0.05, 0.1) is 10.0 Å². The van der Waals surface area contributed by atoms with Crippen molar-refractivity contribution in [2.45, 2.75) is 13.0 Å². The van der Waals surface area contributed by atoms with E-state index in [1.807, 2.05) is 17.9 Å². The van der Waals surface area contributed by atoms with Crippen molar-refractivity contribution < 1.29 is 4.79 Å². The molecule has 2 heterocycles. The Kier molecular flexibility index (Phi) is 6.28. The summed E-state index contributed by atoms with van der Waals surface area (Å²) in [5, 5.41) is 6.83. The summed E-state index contributed by atoms with van der Waals surface area (Å²) in [6, 6.07) is 5.54. The maximum atomic E-state index is 12.6. The number of carbonyl (C=O) groups is 1. The zero-order valence-corrected chi connectivity index (χ0v) is 15.5. The molecule has 0 saturated carbocycles. The Morgan fingerprint density at radius 2 is 2.17 bits per heavy atom. The van der Waals surface area contributed by atoms with E-state index in [0.29, 0.717) is 22.3 Å². The van der Waals surface area contributed by atoms with Gasteiger partial charge in [-0.15, -0.1) is 23.7 Å². The number of aromatic nitrogens is 1. The molecule has 1 atom stereocenters. The number of carbonyl (C=O) groups excluding carboxylic acids is 1. The second-order valence-corrected chi connectivity index (χ2v) is 6.89. The van der Waals surface area contributed by atoms with Crippen LogP contribution in [0.5, 0.6) is 0 Å². The Bertz CT molecular complexity index is 707. The number of nitrogens with one attached hydrogen (secondary N) is 1. The van der Waals surface area contributed by atoms with E-state index in [-0.39, 0.29) is 24.4 Å². The molecule has 124 valence electrons. The predicted molar refractivity (Wildman–Crippen MR) is 98.2 cm³/mol. The smallest absolute Gasteiger partial charge is 0.273 e. The molecule has 1 fully saturated rings. The van der Waals surface area contributed by atoms with Crippen LogP contribution < -0.4 is 5.32 Å². The van der Waals surface area contributed by atoms with Gasteiger partial charge in [-0.2, -0.15) is 0 Å². The van der Waals surface area contributed by atoms with Crippen LogP contribution in [0.4, 0.5) is 0 Å². The molecule has 2 aromatic rings. The van der Waals surface area contributed by atoms with Crippen molar-refractivity contribution >= 4 is 52.9 Å². The molecule has 4 nitrogen and oxygen atoms in total. The van der Waals surface area contributed by atoms with E-state index in [4.69, 9.17) is 23.2 Å². The number of benzene rings is 1. The van der Waals surface area contributed by atoms with Crippen molar-refractivity contribution in [3.05, 3.63) is 39.3 Å². The summed E-state index contributed by atoms with van der Waals surface area (Å²) in [6.45, 7) is 4.38. The molecule has 23 heavy (non-hydrogen) atoms. The number of thiazole rings is 1. The summed E-state index contributed by atoms with van der Waals surface area (Å²) in [4.78, 5) is 18.9. The Hall–Kier alpha value is -0.850. The molecule has 1 aromatic carbocycles.